The Balaban J connectivity index is 1.68. The van der Waals surface area contributed by atoms with Gasteiger partial charge in [0.2, 0.25) is 5.88 Å². The van der Waals surface area contributed by atoms with E-state index < -0.39 is 0 Å². The molecule has 1 aliphatic heterocycles. The number of para-hydroxylation sites is 1. The topological polar surface area (TPSA) is 87.3 Å². The Morgan fingerprint density at radius 3 is 2.35 bits per heavy atom. The summed E-state index contributed by atoms with van der Waals surface area (Å²) in [5.74, 6) is -0.501. The molecule has 4 aromatic rings. The smallest absolute Gasteiger partial charge is 0.279 e. The number of fused-ring (bicyclic) bond motifs is 2. The van der Waals surface area contributed by atoms with Crippen LogP contribution in [0.1, 0.15) is 22.3 Å². The lowest BCUT2D eigenvalue weighted by Crippen LogP contribution is -2.25. The summed E-state index contributed by atoms with van der Waals surface area (Å²) in [6.45, 7) is 3.94. The van der Waals surface area contributed by atoms with E-state index in [2.05, 4.69) is 10.2 Å². The zero-order valence-corrected chi connectivity index (χ0v) is 19.0. The predicted molar refractivity (Wildman–Crippen MR) is 135 cm³/mol. The summed E-state index contributed by atoms with van der Waals surface area (Å²) < 4.78 is 1.27. The normalized spacial score (nSPS) is 14.5. The number of nitrogens with zero attached hydrogens (tertiary/aromatic N) is 4. The van der Waals surface area contributed by atoms with E-state index in [1.54, 1.807) is 37.4 Å². The molecule has 0 saturated heterocycles. The maximum Gasteiger partial charge on any atom is 0.279 e. The standard InChI is InChI=1S/C27H22N4O3/c1-16-12-13-18(14-17(16)2)31-25(32)20-9-5-4-8-19(20)22(26(31)33)15-28-29-24-21-10-6-7-11-23(21)30(3)27(24)34/h4-15,33H,1-3H3/b28-15+,29-24-. The minimum atomic E-state index is -0.332. The molecule has 3 aromatic carbocycles. The lowest BCUT2D eigenvalue weighted by atomic mass is 10.1. The molecular weight excluding hydrogens is 428 g/mol. The van der Waals surface area contributed by atoms with Gasteiger partial charge in [0, 0.05) is 23.4 Å². The number of carbonyl (C=O) groups excluding carboxylic acids is 1. The van der Waals surface area contributed by atoms with Gasteiger partial charge in [0.05, 0.1) is 23.2 Å². The Morgan fingerprint density at radius 2 is 1.59 bits per heavy atom. The highest BCUT2D eigenvalue weighted by Crippen LogP contribution is 2.29. The molecule has 0 saturated carbocycles. The van der Waals surface area contributed by atoms with Gasteiger partial charge in [-0.15, -0.1) is 5.10 Å². The van der Waals surface area contributed by atoms with E-state index in [0.29, 0.717) is 27.6 Å². The van der Waals surface area contributed by atoms with E-state index in [9.17, 15) is 14.7 Å². The molecule has 1 aliphatic rings. The fourth-order valence-corrected chi connectivity index (χ4v) is 4.18. The quantitative estimate of drug-likeness (QED) is 0.376. The highest BCUT2D eigenvalue weighted by atomic mass is 16.3. The molecule has 5 rings (SSSR count). The van der Waals surface area contributed by atoms with Crippen LogP contribution in [0.4, 0.5) is 5.69 Å². The summed E-state index contributed by atoms with van der Waals surface area (Å²) in [4.78, 5) is 27.5. The second kappa shape index (κ2) is 8.12. The molecule has 0 aliphatic carbocycles. The largest absolute Gasteiger partial charge is 0.494 e. The zero-order valence-electron chi connectivity index (χ0n) is 19.0. The maximum absolute atomic E-state index is 13.3. The van der Waals surface area contributed by atoms with Crippen molar-refractivity contribution in [3.8, 4) is 11.6 Å². The third-order valence-electron chi connectivity index (χ3n) is 6.22. The molecule has 1 N–H and O–H groups in total. The maximum atomic E-state index is 13.3. The van der Waals surface area contributed by atoms with Crippen LogP contribution in [0, 0.1) is 13.8 Å². The number of pyridine rings is 1. The number of hydrogen-bond acceptors (Lipinski definition) is 5. The second-order valence-electron chi connectivity index (χ2n) is 8.27. The van der Waals surface area contributed by atoms with Crippen molar-refractivity contribution in [1.29, 1.82) is 0 Å². The summed E-state index contributed by atoms with van der Waals surface area (Å²) in [6, 6.07) is 19.9. The van der Waals surface area contributed by atoms with Gasteiger partial charge in [0.25, 0.3) is 11.5 Å². The summed E-state index contributed by atoms with van der Waals surface area (Å²) in [5, 5.41) is 20.5. The van der Waals surface area contributed by atoms with Crippen LogP contribution in [-0.2, 0) is 4.79 Å². The number of amides is 1. The van der Waals surface area contributed by atoms with Crippen molar-refractivity contribution in [1.82, 2.24) is 4.57 Å². The lowest BCUT2D eigenvalue weighted by molar-refractivity contribution is -0.111. The first kappa shape index (κ1) is 21.3. The van der Waals surface area contributed by atoms with Gasteiger partial charge in [-0.1, -0.05) is 42.5 Å². The number of hydrogen-bond donors (Lipinski definition) is 1. The number of benzene rings is 3. The van der Waals surface area contributed by atoms with E-state index >= 15 is 0 Å². The number of rotatable bonds is 3. The molecule has 7 heteroatoms. The van der Waals surface area contributed by atoms with E-state index in [1.807, 2.05) is 50.2 Å². The molecule has 1 amide bonds. The van der Waals surface area contributed by atoms with Gasteiger partial charge < -0.3 is 10.0 Å². The number of anilines is 1. The van der Waals surface area contributed by atoms with Gasteiger partial charge in [0.15, 0.2) is 5.71 Å². The molecule has 168 valence electrons. The number of likely N-dealkylation sites (N-methyl/N-ethyl adjacent to an activating group) is 1. The first-order valence-corrected chi connectivity index (χ1v) is 10.8. The molecule has 0 unspecified atom stereocenters. The second-order valence-corrected chi connectivity index (χ2v) is 8.27. The van der Waals surface area contributed by atoms with Gasteiger partial charge in [0.1, 0.15) is 0 Å². The summed E-state index contributed by atoms with van der Waals surface area (Å²) in [6.07, 6.45) is 1.38. The summed E-state index contributed by atoms with van der Waals surface area (Å²) in [5.41, 5.74) is 4.33. The van der Waals surface area contributed by atoms with Crippen molar-refractivity contribution in [3.05, 3.63) is 99.3 Å². The van der Waals surface area contributed by atoms with Crippen molar-refractivity contribution in [3.63, 3.8) is 0 Å². The van der Waals surface area contributed by atoms with Crippen molar-refractivity contribution < 1.29 is 9.90 Å². The van der Waals surface area contributed by atoms with Crippen LogP contribution in [0.25, 0.3) is 16.5 Å². The average molecular weight is 450 g/mol. The fraction of sp³-hybridized carbons (Fsp3) is 0.111. The van der Waals surface area contributed by atoms with Gasteiger partial charge in [-0.25, -0.2) is 4.57 Å². The van der Waals surface area contributed by atoms with Crippen LogP contribution in [0.2, 0.25) is 0 Å². The van der Waals surface area contributed by atoms with Crippen LogP contribution in [0.3, 0.4) is 0 Å². The summed E-state index contributed by atoms with van der Waals surface area (Å²) in [7, 11) is 1.69. The van der Waals surface area contributed by atoms with Crippen LogP contribution in [-0.4, -0.2) is 34.6 Å². The third kappa shape index (κ3) is 3.29. The predicted octanol–water partition coefficient (Wildman–Crippen LogP) is 4.11. The minimum Gasteiger partial charge on any atom is -0.494 e. The Bertz CT molecular complexity index is 1600. The van der Waals surface area contributed by atoms with Crippen LogP contribution >= 0.6 is 0 Å². The van der Waals surface area contributed by atoms with Crippen molar-refractivity contribution >= 4 is 34.3 Å². The lowest BCUT2D eigenvalue weighted by Gasteiger charge is -2.14. The molecule has 0 spiro atoms. The van der Waals surface area contributed by atoms with Crippen molar-refractivity contribution in [2.24, 2.45) is 10.2 Å². The van der Waals surface area contributed by atoms with E-state index in [-0.39, 0.29) is 23.1 Å². The molecule has 1 aromatic heterocycles. The third-order valence-corrected chi connectivity index (χ3v) is 6.22. The highest BCUT2D eigenvalue weighted by molar-refractivity contribution is 6.54. The van der Waals surface area contributed by atoms with Crippen molar-refractivity contribution in [2.45, 2.75) is 13.8 Å². The molecule has 0 bridgehead atoms. The molecule has 34 heavy (non-hydrogen) atoms. The molecule has 7 nitrogen and oxygen atoms in total. The Hall–Kier alpha value is -4.52. The number of carbonyl (C=O) groups is 1. The molecule has 0 radical (unpaired) electrons. The minimum absolute atomic E-state index is 0.223. The van der Waals surface area contributed by atoms with Gasteiger partial charge in [-0.05, 0) is 49.2 Å². The van der Waals surface area contributed by atoms with E-state index in [1.165, 1.54) is 15.7 Å². The molecular formula is C27H22N4O3. The monoisotopic (exact) mass is 450 g/mol. The van der Waals surface area contributed by atoms with Crippen LogP contribution in [0.5, 0.6) is 5.88 Å². The number of aromatic nitrogens is 1. The van der Waals surface area contributed by atoms with Gasteiger partial charge >= 0.3 is 0 Å². The Morgan fingerprint density at radius 1 is 0.882 bits per heavy atom. The first-order valence-electron chi connectivity index (χ1n) is 10.8. The van der Waals surface area contributed by atoms with Crippen LogP contribution in [0.15, 0.2) is 81.7 Å². The molecule has 0 fully saturated rings. The van der Waals surface area contributed by atoms with E-state index in [0.717, 1.165) is 16.8 Å². The van der Waals surface area contributed by atoms with E-state index in [4.69, 9.17) is 0 Å². The van der Waals surface area contributed by atoms with Gasteiger partial charge in [-0.3, -0.25) is 9.59 Å². The van der Waals surface area contributed by atoms with Crippen LogP contribution < -0.4 is 10.5 Å². The Labute approximate surface area is 195 Å². The average Bonchev–Trinajstić information content (AvgIpc) is 3.08. The van der Waals surface area contributed by atoms with Crippen molar-refractivity contribution in [2.75, 3.05) is 11.9 Å². The number of aromatic hydroxyl groups is 1. The SMILES string of the molecule is Cc1ccc(-n2c(O)c(/C=N/N=C3\C(=O)N(C)c4ccccc43)c3ccccc3c2=O)cc1C. The highest BCUT2D eigenvalue weighted by Gasteiger charge is 2.31. The first-order chi connectivity index (χ1) is 16.4. The summed E-state index contributed by atoms with van der Waals surface area (Å²) >= 11 is 0. The Kier molecular flexibility index (Phi) is 5.09. The zero-order chi connectivity index (χ0) is 24.0. The van der Waals surface area contributed by atoms with Gasteiger partial charge in [-0.2, -0.15) is 5.10 Å². The molecule has 2 heterocycles. The molecule has 0 atom stereocenters. The number of aryl methyl sites for hydroxylation is 2. The fourth-order valence-electron chi connectivity index (χ4n) is 4.18.